The third-order valence-electron chi connectivity index (χ3n) is 2.55. The number of hydrogen-bond donors (Lipinski definition) is 0. The number of rotatable bonds is 3. The molecule has 0 unspecified atom stereocenters. The zero-order valence-corrected chi connectivity index (χ0v) is 9.79. The first-order valence-corrected chi connectivity index (χ1v) is 5.58. The molecule has 1 heterocycles. The van der Waals surface area contributed by atoms with Crippen LogP contribution in [0.2, 0.25) is 5.02 Å². The van der Waals surface area contributed by atoms with Crippen LogP contribution in [-0.4, -0.2) is 10.8 Å². The van der Waals surface area contributed by atoms with Gasteiger partial charge < -0.3 is 4.79 Å². The molecule has 0 aliphatic carbocycles. The second-order valence-corrected chi connectivity index (χ2v) is 4.22. The molecule has 3 heteroatoms. The SMILES string of the molecule is CC(=O)CCc1ccc(Cl)c2cccnc12. The molecule has 1 aromatic carbocycles. The van der Waals surface area contributed by atoms with Crippen molar-refractivity contribution in [2.24, 2.45) is 0 Å². The lowest BCUT2D eigenvalue weighted by Gasteiger charge is -2.05. The van der Waals surface area contributed by atoms with Crippen molar-refractivity contribution in [1.82, 2.24) is 4.98 Å². The third kappa shape index (κ3) is 2.22. The summed E-state index contributed by atoms with van der Waals surface area (Å²) in [6.07, 6.45) is 3.02. The van der Waals surface area contributed by atoms with Gasteiger partial charge in [0, 0.05) is 23.0 Å². The number of Topliss-reactive ketones (excluding diaryl/α,β-unsaturated/α-hetero) is 1. The van der Waals surface area contributed by atoms with Gasteiger partial charge in [0.05, 0.1) is 5.52 Å². The number of aromatic nitrogens is 1. The standard InChI is InChI=1S/C13H12ClNO/c1-9(16)4-5-10-6-7-12(14)11-3-2-8-15-13(10)11/h2-3,6-8H,4-5H2,1H3. The quantitative estimate of drug-likeness (QED) is 0.813. The average Bonchev–Trinajstić information content (AvgIpc) is 2.28. The lowest BCUT2D eigenvalue weighted by atomic mass is 10.0. The summed E-state index contributed by atoms with van der Waals surface area (Å²) >= 11 is 6.08. The van der Waals surface area contributed by atoms with Crippen molar-refractivity contribution in [2.45, 2.75) is 19.8 Å². The van der Waals surface area contributed by atoms with Crippen LogP contribution in [-0.2, 0) is 11.2 Å². The normalized spacial score (nSPS) is 10.6. The highest BCUT2D eigenvalue weighted by Crippen LogP contribution is 2.25. The number of aryl methyl sites for hydroxylation is 1. The van der Waals surface area contributed by atoms with Crippen LogP contribution in [0.4, 0.5) is 0 Å². The summed E-state index contributed by atoms with van der Waals surface area (Å²) in [5, 5.41) is 1.65. The molecule has 0 fully saturated rings. The number of ketones is 1. The Morgan fingerprint density at radius 2 is 2.19 bits per heavy atom. The summed E-state index contributed by atoms with van der Waals surface area (Å²) in [5.41, 5.74) is 1.98. The van der Waals surface area contributed by atoms with E-state index in [0.29, 0.717) is 11.4 Å². The van der Waals surface area contributed by atoms with E-state index in [1.54, 1.807) is 13.1 Å². The molecule has 2 rings (SSSR count). The Morgan fingerprint density at radius 1 is 1.38 bits per heavy atom. The Hall–Kier alpha value is -1.41. The number of pyridine rings is 1. The molecule has 0 radical (unpaired) electrons. The van der Waals surface area contributed by atoms with E-state index >= 15 is 0 Å². The van der Waals surface area contributed by atoms with Crippen LogP contribution in [0.25, 0.3) is 10.9 Å². The first-order valence-electron chi connectivity index (χ1n) is 5.20. The fourth-order valence-corrected chi connectivity index (χ4v) is 1.92. The van der Waals surface area contributed by atoms with Gasteiger partial charge in [-0.1, -0.05) is 17.7 Å². The highest BCUT2D eigenvalue weighted by Gasteiger charge is 2.06. The summed E-state index contributed by atoms with van der Waals surface area (Å²) < 4.78 is 0. The summed E-state index contributed by atoms with van der Waals surface area (Å²) in [5.74, 6) is 0.194. The van der Waals surface area contributed by atoms with Crippen LogP contribution in [0.5, 0.6) is 0 Å². The number of benzene rings is 1. The molecular formula is C13H12ClNO. The van der Waals surface area contributed by atoms with E-state index in [1.807, 2.05) is 24.3 Å². The zero-order chi connectivity index (χ0) is 11.5. The van der Waals surface area contributed by atoms with E-state index in [0.717, 1.165) is 22.9 Å². The molecule has 0 spiro atoms. The van der Waals surface area contributed by atoms with E-state index < -0.39 is 0 Å². The predicted molar refractivity (Wildman–Crippen MR) is 65.8 cm³/mol. The van der Waals surface area contributed by atoms with Gasteiger partial charge in [-0.15, -0.1) is 0 Å². The lowest BCUT2D eigenvalue weighted by molar-refractivity contribution is -0.116. The molecule has 0 bridgehead atoms. The maximum atomic E-state index is 11.0. The summed E-state index contributed by atoms with van der Waals surface area (Å²) in [6, 6.07) is 7.62. The molecule has 0 aliphatic heterocycles. The predicted octanol–water partition coefficient (Wildman–Crippen LogP) is 3.41. The minimum absolute atomic E-state index is 0.194. The van der Waals surface area contributed by atoms with E-state index in [2.05, 4.69) is 4.98 Å². The average molecular weight is 234 g/mol. The van der Waals surface area contributed by atoms with Crippen LogP contribution in [0.3, 0.4) is 0 Å². The number of hydrogen-bond acceptors (Lipinski definition) is 2. The highest BCUT2D eigenvalue weighted by atomic mass is 35.5. The molecule has 0 N–H and O–H groups in total. The van der Waals surface area contributed by atoms with Gasteiger partial charge in [0.25, 0.3) is 0 Å². The molecule has 0 saturated heterocycles. The van der Waals surface area contributed by atoms with Crippen molar-refractivity contribution in [2.75, 3.05) is 0 Å². The molecule has 0 aliphatic rings. The molecule has 0 atom stereocenters. The first kappa shape index (κ1) is 11.1. The Kier molecular flexibility index (Phi) is 3.20. The maximum absolute atomic E-state index is 11.0. The lowest BCUT2D eigenvalue weighted by Crippen LogP contribution is -1.96. The van der Waals surface area contributed by atoms with Gasteiger partial charge in [0.15, 0.2) is 0 Å². The van der Waals surface area contributed by atoms with Gasteiger partial charge >= 0.3 is 0 Å². The van der Waals surface area contributed by atoms with E-state index in [9.17, 15) is 4.79 Å². The van der Waals surface area contributed by atoms with Crippen LogP contribution >= 0.6 is 11.6 Å². The van der Waals surface area contributed by atoms with Crippen molar-refractivity contribution < 1.29 is 4.79 Å². The maximum Gasteiger partial charge on any atom is 0.130 e. The third-order valence-corrected chi connectivity index (χ3v) is 2.88. The van der Waals surface area contributed by atoms with Crippen LogP contribution in [0, 0.1) is 0 Å². The Balaban J connectivity index is 2.46. The van der Waals surface area contributed by atoms with Crippen molar-refractivity contribution >= 4 is 28.3 Å². The van der Waals surface area contributed by atoms with Gasteiger partial charge in [0.1, 0.15) is 5.78 Å². The summed E-state index contributed by atoms with van der Waals surface area (Å²) in [6.45, 7) is 1.60. The first-order chi connectivity index (χ1) is 7.68. The number of nitrogens with zero attached hydrogens (tertiary/aromatic N) is 1. The van der Waals surface area contributed by atoms with Gasteiger partial charge in [-0.3, -0.25) is 4.98 Å². The number of carbonyl (C=O) groups is 1. The Morgan fingerprint density at radius 3 is 2.94 bits per heavy atom. The van der Waals surface area contributed by atoms with Crippen LogP contribution < -0.4 is 0 Å². The number of carbonyl (C=O) groups excluding carboxylic acids is 1. The fourth-order valence-electron chi connectivity index (χ4n) is 1.71. The van der Waals surface area contributed by atoms with E-state index in [-0.39, 0.29) is 5.78 Å². The van der Waals surface area contributed by atoms with Gasteiger partial charge in [-0.2, -0.15) is 0 Å². The topological polar surface area (TPSA) is 30.0 Å². The summed E-state index contributed by atoms with van der Waals surface area (Å²) in [4.78, 5) is 15.3. The van der Waals surface area contributed by atoms with Crippen molar-refractivity contribution in [3.63, 3.8) is 0 Å². The van der Waals surface area contributed by atoms with Crippen molar-refractivity contribution in [3.05, 3.63) is 41.0 Å². The largest absolute Gasteiger partial charge is 0.300 e. The monoisotopic (exact) mass is 233 g/mol. The fraction of sp³-hybridized carbons (Fsp3) is 0.231. The van der Waals surface area contributed by atoms with Crippen molar-refractivity contribution in [1.29, 1.82) is 0 Å². The smallest absolute Gasteiger partial charge is 0.130 e. The van der Waals surface area contributed by atoms with Gasteiger partial charge in [0.2, 0.25) is 0 Å². The van der Waals surface area contributed by atoms with E-state index in [1.165, 1.54) is 0 Å². The molecule has 2 nitrogen and oxygen atoms in total. The van der Waals surface area contributed by atoms with E-state index in [4.69, 9.17) is 11.6 Å². The second kappa shape index (κ2) is 4.62. The molecule has 1 aromatic heterocycles. The molecular weight excluding hydrogens is 222 g/mol. The molecule has 0 amide bonds. The van der Waals surface area contributed by atoms with Gasteiger partial charge in [-0.25, -0.2) is 0 Å². The molecule has 82 valence electrons. The zero-order valence-electron chi connectivity index (χ0n) is 9.03. The van der Waals surface area contributed by atoms with Crippen LogP contribution in [0.1, 0.15) is 18.9 Å². The van der Waals surface area contributed by atoms with Crippen molar-refractivity contribution in [3.8, 4) is 0 Å². The molecule has 16 heavy (non-hydrogen) atoms. The minimum Gasteiger partial charge on any atom is -0.300 e. The van der Waals surface area contributed by atoms with Crippen LogP contribution in [0.15, 0.2) is 30.5 Å². The molecule has 2 aromatic rings. The number of fused-ring (bicyclic) bond motifs is 1. The second-order valence-electron chi connectivity index (χ2n) is 3.81. The number of halogens is 1. The highest BCUT2D eigenvalue weighted by molar-refractivity contribution is 6.35. The summed E-state index contributed by atoms with van der Waals surface area (Å²) in [7, 11) is 0. The molecule has 0 saturated carbocycles. The Bertz CT molecular complexity index is 536. The van der Waals surface area contributed by atoms with Gasteiger partial charge in [-0.05, 0) is 37.1 Å². The minimum atomic E-state index is 0.194. The Labute approximate surface area is 99.3 Å².